The second-order valence-corrected chi connectivity index (χ2v) is 4.48. The summed E-state index contributed by atoms with van der Waals surface area (Å²) in [5, 5.41) is 10.3. The standard InChI is InChI=1S/C12H20N4O2.ClH/c1-18-7-6-16-9-10(8-14-16)15-12(17)11-4-2-3-5-13-11;/h8-9,11,13H,2-7H2,1H3,(H,15,17);1H/t11-;/m0./s1. The SMILES string of the molecule is COCCn1cc(NC(=O)[C@@H]2CCCCN2)cn1.Cl. The summed E-state index contributed by atoms with van der Waals surface area (Å²) in [4.78, 5) is 12.0. The summed E-state index contributed by atoms with van der Waals surface area (Å²) in [5.74, 6) is 0.0287. The Morgan fingerprint density at radius 2 is 2.47 bits per heavy atom. The Morgan fingerprint density at radius 3 is 3.16 bits per heavy atom. The van der Waals surface area contributed by atoms with Gasteiger partial charge in [-0.1, -0.05) is 6.42 Å². The van der Waals surface area contributed by atoms with Gasteiger partial charge in [0.1, 0.15) is 0 Å². The molecule has 0 aliphatic carbocycles. The molecule has 1 amide bonds. The molecule has 0 spiro atoms. The first-order valence-corrected chi connectivity index (χ1v) is 6.35. The minimum absolute atomic E-state index is 0. The van der Waals surface area contributed by atoms with E-state index in [1.807, 2.05) is 6.20 Å². The number of anilines is 1. The van der Waals surface area contributed by atoms with Crippen molar-refractivity contribution in [2.24, 2.45) is 0 Å². The lowest BCUT2D eigenvalue weighted by Crippen LogP contribution is -2.43. The Bertz CT molecular complexity index is 391. The number of amides is 1. The summed E-state index contributed by atoms with van der Waals surface area (Å²) >= 11 is 0. The summed E-state index contributed by atoms with van der Waals surface area (Å²) in [6.07, 6.45) is 6.65. The maximum atomic E-state index is 12.0. The van der Waals surface area contributed by atoms with E-state index in [1.54, 1.807) is 18.0 Å². The minimum Gasteiger partial charge on any atom is -0.383 e. The molecule has 1 atom stereocenters. The van der Waals surface area contributed by atoms with E-state index in [0.717, 1.165) is 31.5 Å². The van der Waals surface area contributed by atoms with E-state index >= 15 is 0 Å². The molecule has 1 aliphatic heterocycles. The summed E-state index contributed by atoms with van der Waals surface area (Å²) in [6, 6.07) is -0.0684. The molecule has 6 nitrogen and oxygen atoms in total. The predicted octanol–water partition coefficient (Wildman–Crippen LogP) is 1.03. The van der Waals surface area contributed by atoms with Gasteiger partial charge in [-0.3, -0.25) is 9.48 Å². The third-order valence-corrected chi connectivity index (χ3v) is 3.05. The smallest absolute Gasteiger partial charge is 0.241 e. The third-order valence-electron chi connectivity index (χ3n) is 3.05. The van der Waals surface area contributed by atoms with Gasteiger partial charge in [-0.2, -0.15) is 5.10 Å². The van der Waals surface area contributed by atoms with Crippen LogP contribution in [0.3, 0.4) is 0 Å². The topological polar surface area (TPSA) is 68.2 Å². The van der Waals surface area contributed by atoms with Crippen LogP contribution in [-0.2, 0) is 16.1 Å². The number of rotatable bonds is 5. The Morgan fingerprint density at radius 1 is 1.63 bits per heavy atom. The first kappa shape index (κ1) is 15.9. The number of ether oxygens (including phenoxy) is 1. The van der Waals surface area contributed by atoms with Gasteiger partial charge in [0.25, 0.3) is 0 Å². The van der Waals surface area contributed by atoms with Gasteiger partial charge < -0.3 is 15.4 Å². The minimum atomic E-state index is -0.0684. The zero-order valence-corrected chi connectivity index (χ0v) is 11.9. The van der Waals surface area contributed by atoms with Crippen LogP contribution in [0.25, 0.3) is 0 Å². The first-order chi connectivity index (χ1) is 8.79. The maximum Gasteiger partial charge on any atom is 0.241 e. The Kier molecular flexibility index (Phi) is 6.83. The van der Waals surface area contributed by atoms with Crippen molar-refractivity contribution in [3.8, 4) is 0 Å². The quantitative estimate of drug-likeness (QED) is 0.849. The van der Waals surface area contributed by atoms with Crippen LogP contribution in [0.4, 0.5) is 5.69 Å². The van der Waals surface area contributed by atoms with Crippen molar-refractivity contribution in [2.75, 3.05) is 25.6 Å². The number of piperidine rings is 1. The van der Waals surface area contributed by atoms with Crippen LogP contribution in [0.1, 0.15) is 19.3 Å². The average Bonchev–Trinajstić information content (AvgIpc) is 2.85. The molecule has 0 aromatic carbocycles. The van der Waals surface area contributed by atoms with Gasteiger partial charge in [-0.05, 0) is 19.4 Å². The number of hydrogen-bond acceptors (Lipinski definition) is 4. The largest absolute Gasteiger partial charge is 0.383 e. The first-order valence-electron chi connectivity index (χ1n) is 6.35. The van der Waals surface area contributed by atoms with Crippen LogP contribution in [0.15, 0.2) is 12.4 Å². The van der Waals surface area contributed by atoms with E-state index in [9.17, 15) is 4.79 Å². The third kappa shape index (κ3) is 4.81. The highest BCUT2D eigenvalue weighted by molar-refractivity contribution is 5.94. The van der Waals surface area contributed by atoms with Crippen molar-refractivity contribution in [2.45, 2.75) is 31.8 Å². The zero-order chi connectivity index (χ0) is 12.8. The van der Waals surface area contributed by atoms with Crippen LogP contribution in [-0.4, -0.2) is 42.0 Å². The van der Waals surface area contributed by atoms with Crippen LogP contribution < -0.4 is 10.6 Å². The van der Waals surface area contributed by atoms with Crippen LogP contribution in [0, 0.1) is 0 Å². The molecule has 108 valence electrons. The lowest BCUT2D eigenvalue weighted by atomic mass is 10.0. The zero-order valence-electron chi connectivity index (χ0n) is 11.1. The maximum absolute atomic E-state index is 12.0. The summed E-state index contributed by atoms with van der Waals surface area (Å²) in [5.41, 5.74) is 0.739. The highest BCUT2D eigenvalue weighted by Gasteiger charge is 2.20. The second kappa shape index (κ2) is 8.14. The summed E-state index contributed by atoms with van der Waals surface area (Å²) < 4.78 is 6.73. The van der Waals surface area contributed by atoms with Gasteiger partial charge in [0, 0.05) is 13.3 Å². The van der Waals surface area contributed by atoms with Crippen LogP contribution >= 0.6 is 12.4 Å². The van der Waals surface area contributed by atoms with Crippen LogP contribution in [0.2, 0.25) is 0 Å². The van der Waals surface area contributed by atoms with Gasteiger partial charge >= 0.3 is 0 Å². The van der Waals surface area contributed by atoms with Gasteiger partial charge in [0.15, 0.2) is 0 Å². The van der Waals surface area contributed by atoms with Crippen molar-refractivity contribution in [3.63, 3.8) is 0 Å². The van der Waals surface area contributed by atoms with E-state index in [2.05, 4.69) is 15.7 Å². The van der Waals surface area contributed by atoms with Crippen molar-refractivity contribution in [1.29, 1.82) is 0 Å². The fourth-order valence-corrected chi connectivity index (χ4v) is 2.04. The van der Waals surface area contributed by atoms with E-state index in [-0.39, 0.29) is 24.4 Å². The fraction of sp³-hybridized carbons (Fsp3) is 0.667. The number of methoxy groups -OCH3 is 1. The Hall–Kier alpha value is -1.11. The fourth-order valence-electron chi connectivity index (χ4n) is 2.04. The molecule has 1 aromatic heterocycles. The van der Waals surface area contributed by atoms with Gasteiger partial charge in [0.05, 0.1) is 31.1 Å². The number of hydrogen-bond donors (Lipinski definition) is 2. The van der Waals surface area contributed by atoms with E-state index in [4.69, 9.17) is 4.74 Å². The highest BCUT2D eigenvalue weighted by atomic mass is 35.5. The number of nitrogens with zero attached hydrogens (tertiary/aromatic N) is 2. The number of carbonyl (C=O) groups excluding carboxylic acids is 1. The highest BCUT2D eigenvalue weighted by Crippen LogP contribution is 2.10. The number of nitrogens with one attached hydrogen (secondary N) is 2. The Balaban J connectivity index is 0.00000180. The average molecular weight is 289 g/mol. The molecule has 7 heteroatoms. The molecule has 19 heavy (non-hydrogen) atoms. The normalized spacial score (nSPS) is 18.7. The monoisotopic (exact) mass is 288 g/mol. The molecular formula is C12H21ClN4O2. The molecular weight excluding hydrogens is 268 g/mol. The lowest BCUT2D eigenvalue weighted by molar-refractivity contribution is -0.118. The van der Waals surface area contributed by atoms with Crippen LogP contribution in [0.5, 0.6) is 0 Å². The van der Waals surface area contributed by atoms with E-state index in [0.29, 0.717) is 13.2 Å². The lowest BCUT2D eigenvalue weighted by Gasteiger charge is -2.22. The van der Waals surface area contributed by atoms with E-state index < -0.39 is 0 Å². The van der Waals surface area contributed by atoms with Crippen molar-refractivity contribution < 1.29 is 9.53 Å². The molecule has 0 radical (unpaired) electrons. The predicted molar refractivity (Wildman–Crippen MR) is 75.6 cm³/mol. The molecule has 2 N–H and O–H groups in total. The summed E-state index contributed by atoms with van der Waals surface area (Å²) in [7, 11) is 1.65. The number of carbonyl (C=O) groups is 1. The molecule has 0 bridgehead atoms. The van der Waals surface area contributed by atoms with Gasteiger partial charge in [-0.15, -0.1) is 12.4 Å². The molecule has 0 saturated carbocycles. The molecule has 1 fully saturated rings. The van der Waals surface area contributed by atoms with E-state index in [1.165, 1.54) is 0 Å². The van der Waals surface area contributed by atoms with Crippen molar-refractivity contribution in [1.82, 2.24) is 15.1 Å². The second-order valence-electron chi connectivity index (χ2n) is 4.48. The van der Waals surface area contributed by atoms with Crippen molar-refractivity contribution in [3.05, 3.63) is 12.4 Å². The molecule has 1 saturated heterocycles. The summed E-state index contributed by atoms with van der Waals surface area (Å²) in [6.45, 7) is 2.22. The van der Waals surface area contributed by atoms with Gasteiger partial charge in [0.2, 0.25) is 5.91 Å². The molecule has 1 aliphatic rings. The number of aromatic nitrogens is 2. The number of halogens is 1. The Labute approximate surface area is 119 Å². The van der Waals surface area contributed by atoms with Crippen molar-refractivity contribution >= 4 is 24.0 Å². The molecule has 2 rings (SSSR count). The molecule has 1 aromatic rings. The molecule has 0 unspecified atom stereocenters. The van der Waals surface area contributed by atoms with Gasteiger partial charge in [-0.25, -0.2) is 0 Å². The molecule has 2 heterocycles.